The first kappa shape index (κ1) is 31.7. The maximum absolute atomic E-state index is 14.0. The molecule has 3 aromatic rings. The zero-order valence-electron chi connectivity index (χ0n) is 23.8. The molecule has 0 amide bonds. The molecule has 4 rings (SSSR count). The topological polar surface area (TPSA) is 122 Å². The van der Waals surface area contributed by atoms with Crippen LogP contribution in [0, 0.1) is 0 Å². The zero-order chi connectivity index (χ0) is 28.8. The van der Waals surface area contributed by atoms with E-state index in [0.717, 1.165) is 0 Å². The van der Waals surface area contributed by atoms with E-state index in [9.17, 15) is 14.7 Å². The summed E-state index contributed by atoms with van der Waals surface area (Å²) in [7, 11) is 5.83. The van der Waals surface area contributed by atoms with E-state index in [1.54, 1.807) is 36.4 Å². The van der Waals surface area contributed by atoms with Gasteiger partial charge >= 0.3 is 29.6 Å². The predicted octanol–water partition coefficient (Wildman–Crippen LogP) is 0.482. The second kappa shape index (κ2) is 14.2. The molecular formula is C30H29NaO10. The van der Waals surface area contributed by atoms with Crippen LogP contribution in [0.4, 0.5) is 0 Å². The van der Waals surface area contributed by atoms with Gasteiger partial charge in [0.2, 0.25) is 18.3 Å². The van der Waals surface area contributed by atoms with Crippen molar-refractivity contribution in [2.24, 2.45) is 0 Å². The van der Waals surface area contributed by atoms with Gasteiger partial charge in [0.1, 0.15) is 5.75 Å². The molecule has 0 N–H and O–H groups in total. The van der Waals surface area contributed by atoms with E-state index in [-0.39, 0.29) is 76.5 Å². The second-order valence-electron chi connectivity index (χ2n) is 8.55. The molecule has 0 fully saturated rings. The average molecular weight is 573 g/mol. The number of hydrogen-bond acceptors (Lipinski definition) is 10. The smallest absolute Gasteiger partial charge is 0.545 e. The molecule has 1 aliphatic rings. The van der Waals surface area contributed by atoms with Gasteiger partial charge < -0.3 is 43.1 Å². The molecule has 41 heavy (non-hydrogen) atoms. The van der Waals surface area contributed by atoms with Crippen molar-refractivity contribution < 1.29 is 77.4 Å². The molecule has 0 spiro atoms. The summed E-state index contributed by atoms with van der Waals surface area (Å²) in [5.41, 5.74) is 0.582. The molecule has 0 saturated heterocycles. The maximum Gasteiger partial charge on any atom is 1.00 e. The van der Waals surface area contributed by atoms with Crippen molar-refractivity contribution in [3.05, 3.63) is 70.8 Å². The molecule has 210 valence electrons. The largest absolute Gasteiger partial charge is 1.00 e. The van der Waals surface area contributed by atoms with E-state index in [1.165, 1.54) is 40.6 Å². The number of methoxy groups -OCH3 is 4. The number of allylic oxidation sites excluding steroid dienone is 1. The molecule has 0 unspecified atom stereocenters. The van der Waals surface area contributed by atoms with Gasteiger partial charge in [0.05, 0.1) is 41.0 Å². The van der Waals surface area contributed by atoms with E-state index in [2.05, 4.69) is 0 Å². The molecule has 10 nitrogen and oxygen atoms in total. The van der Waals surface area contributed by atoms with Crippen molar-refractivity contribution in [2.75, 3.05) is 41.8 Å². The number of carbonyl (C=O) groups excluding carboxylic acids is 2. The number of carboxylic acids is 1. The number of carboxylic acid groups (broad SMARTS) is 1. The van der Waals surface area contributed by atoms with E-state index in [1.807, 2.05) is 6.92 Å². The van der Waals surface area contributed by atoms with Crippen LogP contribution >= 0.6 is 0 Å². The first-order valence-corrected chi connectivity index (χ1v) is 12.3. The molecular weight excluding hydrogens is 543 g/mol. The molecule has 0 bridgehead atoms. The van der Waals surface area contributed by atoms with Crippen molar-refractivity contribution in [1.82, 2.24) is 0 Å². The Balaban J connectivity index is 0.00000462. The number of ketones is 1. The monoisotopic (exact) mass is 572 g/mol. The Morgan fingerprint density at radius 1 is 0.829 bits per heavy atom. The summed E-state index contributed by atoms with van der Waals surface area (Å²) in [6.07, 6.45) is -0.108. The molecule has 11 heteroatoms. The normalized spacial score (nSPS) is 12.0. The third-order valence-corrected chi connectivity index (χ3v) is 6.26. The van der Waals surface area contributed by atoms with Crippen molar-refractivity contribution in [2.45, 2.75) is 13.3 Å². The van der Waals surface area contributed by atoms with Crippen LogP contribution in [0.2, 0.25) is 0 Å². The van der Waals surface area contributed by atoms with Gasteiger partial charge in [-0.15, -0.1) is 0 Å². The van der Waals surface area contributed by atoms with Gasteiger partial charge in [-0.3, -0.25) is 4.79 Å². The van der Waals surface area contributed by atoms with Gasteiger partial charge in [-0.05, 0) is 66.6 Å². The fourth-order valence-electron chi connectivity index (χ4n) is 4.46. The van der Waals surface area contributed by atoms with Crippen molar-refractivity contribution in [3.8, 4) is 40.2 Å². The summed E-state index contributed by atoms with van der Waals surface area (Å²) < 4.78 is 38.2. The summed E-state index contributed by atoms with van der Waals surface area (Å²) in [4.78, 5) is 26.7. The quantitative estimate of drug-likeness (QED) is 0.172. The molecule has 3 aromatic carbocycles. The zero-order valence-corrected chi connectivity index (χ0v) is 25.8. The summed E-state index contributed by atoms with van der Waals surface area (Å²) >= 11 is 0. The molecule has 0 saturated carbocycles. The second-order valence-corrected chi connectivity index (χ2v) is 8.55. The van der Waals surface area contributed by atoms with E-state index in [0.29, 0.717) is 40.9 Å². The molecule has 1 aliphatic heterocycles. The summed E-state index contributed by atoms with van der Waals surface area (Å²) in [5, 5.41) is 12.7. The average Bonchev–Trinajstić information content (AvgIpc) is 3.44. The molecule has 0 atom stereocenters. The number of rotatable bonds is 12. The van der Waals surface area contributed by atoms with E-state index < -0.39 is 11.8 Å². The van der Waals surface area contributed by atoms with Gasteiger partial charge in [0, 0.05) is 23.1 Å². The third kappa shape index (κ3) is 6.73. The molecule has 1 heterocycles. The van der Waals surface area contributed by atoms with Crippen LogP contribution in [-0.2, 0) is 11.2 Å². The predicted molar refractivity (Wildman–Crippen MR) is 143 cm³/mol. The number of fused-ring (bicyclic) bond motifs is 1. The number of hydrogen-bond donors (Lipinski definition) is 0. The first-order chi connectivity index (χ1) is 19.3. The summed E-state index contributed by atoms with van der Waals surface area (Å²) in [6, 6.07) is 12.7. The number of Topliss-reactive ketones (excluding diaryl/α,β-unsaturated/α-hetero) is 1. The Morgan fingerprint density at radius 3 is 2.00 bits per heavy atom. The van der Waals surface area contributed by atoms with Crippen LogP contribution in [-0.4, -0.2) is 53.6 Å². The fraction of sp³-hybridized carbons (Fsp3) is 0.267. The van der Waals surface area contributed by atoms with Crippen LogP contribution in [0.5, 0.6) is 40.2 Å². The van der Waals surface area contributed by atoms with Crippen LogP contribution in [0.25, 0.3) is 5.57 Å². The van der Waals surface area contributed by atoms with Crippen LogP contribution in [0.3, 0.4) is 0 Å². The third-order valence-electron chi connectivity index (χ3n) is 6.26. The van der Waals surface area contributed by atoms with Crippen LogP contribution in [0.1, 0.15) is 28.4 Å². The first-order valence-electron chi connectivity index (χ1n) is 12.3. The van der Waals surface area contributed by atoms with Gasteiger partial charge in [-0.1, -0.05) is 0 Å². The standard InChI is InChI=1S/C30H30O10.Na/c1-6-38-20-9-7-18(8-10-20)27(31)21(11-17-12-22(34-2)28(37-5)23(13-17)35-3)26(30(32)33)19-14-24(36-4)29-25(15-19)39-16-40-29;/h7-10,12-15H,6,11,16H2,1-5H3,(H,32,33);/q;+1/p-1. The Bertz CT molecular complexity index is 1420. The molecule has 0 aromatic heterocycles. The van der Waals surface area contributed by atoms with Crippen molar-refractivity contribution in [1.29, 1.82) is 0 Å². The molecule has 0 aliphatic carbocycles. The van der Waals surface area contributed by atoms with Gasteiger partial charge in [-0.2, -0.15) is 0 Å². The van der Waals surface area contributed by atoms with Crippen LogP contribution < -0.4 is 67.8 Å². The van der Waals surface area contributed by atoms with Gasteiger partial charge in [-0.25, -0.2) is 0 Å². The SMILES string of the molecule is CCOc1ccc(C(=O)C(Cc2cc(OC)c(OC)c(OC)c2)=C(C(=O)[O-])c2cc(OC)c3c(c2)OCO3)cc1.[Na+]. The fourth-order valence-corrected chi connectivity index (χ4v) is 4.46. The number of benzene rings is 3. The minimum atomic E-state index is -1.55. The number of ether oxygens (including phenoxy) is 7. The Kier molecular flexibility index (Phi) is 10.9. The van der Waals surface area contributed by atoms with E-state index >= 15 is 0 Å². The minimum Gasteiger partial charge on any atom is -0.545 e. The number of carbonyl (C=O) groups is 2. The summed E-state index contributed by atoms with van der Waals surface area (Å²) in [5.74, 6) is 0.447. The van der Waals surface area contributed by atoms with Gasteiger partial charge in [0.15, 0.2) is 28.8 Å². The molecule has 0 radical (unpaired) electrons. The Hall–Kier alpha value is -3.86. The number of aliphatic carboxylic acids is 1. The van der Waals surface area contributed by atoms with E-state index in [4.69, 9.17) is 33.2 Å². The van der Waals surface area contributed by atoms with Gasteiger partial charge in [0.25, 0.3) is 0 Å². The Labute approximate surface area is 260 Å². The van der Waals surface area contributed by atoms with Crippen LogP contribution in [0.15, 0.2) is 54.1 Å². The van der Waals surface area contributed by atoms with Crippen molar-refractivity contribution in [3.63, 3.8) is 0 Å². The minimum absolute atomic E-state index is 0. The summed E-state index contributed by atoms with van der Waals surface area (Å²) in [6.45, 7) is 2.26. The van der Waals surface area contributed by atoms with Crippen molar-refractivity contribution >= 4 is 17.3 Å². The Morgan fingerprint density at radius 2 is 1.46 bits per heavy atom. The maximum atomic E-state index is 14.0.